The van der Waals surface area contributed by atoms with Crippen molar-refractivity contribution < 1.29 is 14.2 Å². The molecule has 3 nitrogen and oxygen atoms in total. The minimum atomic E-state index is 0.276. The van der Waals surface area contributed by atoms with Crippen LogP contribution < -0.4 is 0 Å². The molecule has 1 rings (SSSR count). The van der Waals surface area contributed by atoms with Crippen LogP contribution in [0.1, 0.15) is 26.2 Å². The van der Waals surface area contributed by atoms with Crippen molar-refractivity contribution in [3.05, 3.63) is 0 Å². The first-order chi connectivity index (χ1) is 8.23. The largest absolute Gasteiger partial charge is 0.382 e. The fourth-order valence-electron chi connectivity index (χ4n) is 1.93. The van der Waals surface area contributed by atoms with Crippen LogP contribution in [0.4, 0.5) is 0 Å². The molecule has 0 spiro atoms. The van der Waals surface area contributed by atoms with Crippen molar-refractivity contribution in [1.29, 1.82) is 0 Å². The summed E-state index contributed by atoms with van der Waals surface area (Å²) in [6.07, 6.45) is 3.73. The van der Waals surface area contributed by atoms with Crippen LogP contribution in [-0.4, -0.2) is 46.0 Å². The first kappa shape index (κ1) is 15.2. The third-order valence-corrected chi connectivity index (χ3v) is 4.10. The first-order valence-electron chi connectivity index (χ1n) is 6.43. The Bertz CT molecular complexity index is 197. The van der Waals surface area contributed by atoms with Gasteiger partial charge >= 0.3 is 0 Å². The van der Waals surface area contributed by atoms with E-state index in [4.69, 9.17) is 25.8 Å². The molecule has 0 saturated heterocycles. The standard InChI is InChI=1S/C13H25ClO3/c1-13(11-14,12-3-4-12)5-6-16-9-10-17-8-7-15-2/h12H,3-11H2,1-2H3. The number of hydrogen-bond acceptors (Lipinski definition) is 3. The molecule has 1 saturated carbocycles. The van der Waals surface area contributed by atoms with Gasteiger partial charge in [-0.05, 0) is 30.6 Å². The van der Waals surface area contributed by atoms with Crippen LogP contribution in [0.25, 0.3) is 0 Å². The van der Waals surface area contributed by atoms with Gasteiger partial charge in [-0.25, -0.2) is 0 Å². The van der Waals surface area contributed by atoms with Crippen molar-refractivity contribution in [2.75, 3.05) is 46.0 Å². The second-order valence-corrected chi connectivity index (χ2v) is 5.30. The molecule has 1 fully saturated rings. The number of alkyl halides is 1. The van der Waals surface area contributed by atoms with E-state index in [0.717, 1.165) is 24.8 Å². The number of ether oxygens (including phenoxy) is 3. The van der Waals surface area contributed by atoms with Crippen LogP contribution in [0, 0.1) is 11.3 Å². The van der Waals surface area contributed by atoms with Crippen LogP contribution in [-0.2, 0) is 14.2 Å². The highest BCUT2D eigenvalue weighted by Gasteiger charge is 2.40. The number of methoxy groups -OCH3 is 1. The molecule has 1 atom stereocenters. The van der Waals surface area contributed by atoms with Crippen molar-refractivity contribution in [3.63, 3.8) is 0 Å². The summed E-state index contributed by atoms with van der Waals surface area (Å²) in [5, 5.41) is 0. The van der Waals surface area contributed by atoms with Gasteiger partial charge in [0.25, 0.3) is 0 Å². The molecule has 102 valence electrons. The average Bonchev–Trinajstić information content (AvgIpc) is 3.16. The van der Waals surface area contributed by atoms with E-state index < -0.39 is 0 Å². The molecule has 4 heteroatoms. The molecule has 0 aromatic carbocycles. The minimum absolute atomic E-state index is 0.276. The summed E-state index contributed by atoms with van der Waals surface area (Å²) in [6, 6.07) is 0. The number of rotatable bonds is 11. The predicted octanol–water partition coefficient (Wildman–Crippen LogP) is 2.71. The predicted molar refractivity (Wildman–Crippen MR) is 69.7 cm³/mol. The highest BCUT2D eigenvalue weighted by molar-refractivity contribution is 6.18. The fourth-order valence-corrected chi connectivity index (χ4v) is 2.28. The molecule has 0 aromatic heterocycles. The molecule has 0 radical (unpaired) electrons. The van der Waals surface area contributed by atoms with Crippen LogP contribution >= 0.6 is 11.6 Å². The van der Waals surface area contributed by atoms with Crippen molar-refractivity contribution >= 4 is 11.6 Å². The summed E-state index contributed by atoms with van der Waals surface area (Å²) in [7, 11) is 1.67. The summed E-state index contributed by atoms with van der Waals surface area (Å²) in [4.78, 5) is 0. The monoisotopic (exact) mass is 264 g/mol. The highest BCUT2D eigenvalue weighted by atomic mass is 35.5. The van der Waals surface area contributed by atoms with Gasteiger partial charge in [-0.3, -0.25) is 0 Å². The Kier molecular flexibility index (Phi) is 7.44. The molecular formula is C13H25ClO3. The molecule has 0 bridgehead atoms. The normalized spacial score (nSPS) is 19.2. The molecule has 1 unspecified atom stereocenters. The van der Waals surface area contributed by atoms with Gasteiger partial charge in [-0.15, -0.1) is 11.6 Å². The Morgan fingerprint density at radius 3 is 2.18 bits per heavy atom. The van der Waals surface area contributed by atoms with Gasteiger partial charge in [-0.1, -0.05) is 6.92 Å². The zero-order valence-corrected chi connectivity index (χ0v) is 11.8. The molecule has 0 aromatic rings. The maximum atomic E-state index is 6.05. The van der Waals surface area contributed by atoms with Crippen LogP contribution in [0.5, 0.6) is 0 Å². The maximum absolute atomic E-state index is 6.05. The average molecular weight is 265 g/mol. The SMILES string of the molecule is COCCOCCOCCC(C)(CCl)C1CC1. The Morgan fingerprint density at radius 1 is 1.06 bits per heavy atom. The summed E-state index contributed by atoms with van der Waals surface area (Å²) >= 11 is 6.05. The zero-order chi connectivity index (χ0) is 12.6. The van der Waals surface area contributed by atoms with Crippen molar-refractivity contribution in [3.8, 4) is 0 Å². The van der Waals surface area contributed by atoms with Crippen LogP contribution in [0.2, 0.25) is 0 Å². The third-order valence-electron chi connectivity index (χ3n) is 3.49. The molecule has 1 aliphatic carbocycles. The lowest BCUT2D eigenvalue weighted by molar-refractivity contribution is 0.0174. The van der Waals surface area contributed by atoms with Crippen LogP contribution in [0.15, 0.2) is 0 Å². The molecule has 0 heterocycles. The summed E-state index contributed by atoms with van der Waals surface area (Å²) in [5.74, 6) is 1.56. The molecule has 17 heavy (non-hydrogen) atoms. The topological polar surface area (TPSA) is 27.7 Å². The van der Waals surface area contributed by atoms with Gasteiger partial charge in [0.1, 0.15) is 0 Å². The molecule has 1 aliphatic rings. The van der Waals surface area contributed by atoms with E-state index in [1.807, 2.05) is 0 Å². The van der Waals surface area contributed by atoms with Gasteiger partial charge in [0.05, 0.1) is 26.4 Å². The van der Waals surface area contributed by atoms with Crippen molar-refractivity contribution in [2.45, 2.75) is 26.2 Å². The van der Waals surface area contributed by atoms with E-state index in [1.165, 1.54) is 12.8 Å². The van der Waals surface area contributed by atoms with Crippen molar-refractivity contribution in [2.24, 2.45) is 11.3 Å². The lowest BCUT2D eigenvalue weighted by Crippen LogP contribution is -2.24. The number of hydrogen-bond donors (Lipinski definition) is 0. The van der Waals surface area contributed by atoms with Gasteiger partial charge in [0.15, 0.2) is 0 Å². The summed E-state index contributed by atoms with van der Waals surface area (Å²) in [6.45, 7) is 5.65. The van der Waals surface area contributed by atoms with E-state index in [1.54, 1.807) is 7.11 Å². The lowest BCUT2D eigenvalue weighted by atomic mass is 9.84. The van der Waals surface area contributed by atoms with Crippen LogP contribution in [0.3, 0.4) is 0 Å². The molecule has 0 amide bonds. The Morgan fingerprint density at radius 2 is 1.65 bits per heavy atom. The first-order valence-corrected chi connectivity index (χ1v) is 6.97. The Hall–Kier alpha value is 0.170. The highest BCUT2D eigenvalue weighted by Crippen LogP contribution is 2.48. The molecular weight excluding hydrogens is 240 g/mol. The second kappa shape index (κ2) is 8.30. The summed E-state index contributed by atoms with van der Waals surface area (Å²) in [5.41, 5.74) is 0.276. The fraction of sp³-hybridized carbons (Fsp3) is 1.00. The Balaban J connectivity index is 1.92. The smallest absolute Gasteiger partial charge is 0.0701 e. The van der Waals surface area contributed by atoms with E-state index in [2.05, 4.69) is 6.92 Å². The second-order valence-electron chi connectivity index (χ2n) is 5.03. The maximum Gasteiger partial charge on any atom is 0.0701 e. The van der Waals surface area contributed by atoms with E-state index in [9.17, 15) is 0 Å². The van der Waals surface area contributed by atoms with Gasteiger partial charge in [0.2, 0.25) is 0 Å². The van der Waals surface area contributed by atoms with E-state index >= 15 is 0 Å². The summed E-state index contributed by atoms with van der Waals surface area (Å²) < 4.78 is 15.8. The quantitative estimate of drug-likeness (QED) is 0.424. The molecule has 0 aliphatic heterocycles. The third kappa shape index (κ3) is 6.05. The number of halogens is 1. The van der Waals surface area contributed by atoms with E-state index in [0.29, 0.717) is 26.4 Å². The van der Waals surface area contributed by atoms with Gasteiger partial charge in [0, 0.05) is 19.6 Å². The zero-order valence-electron chi connectivity index (χ0n) is 11.0. The van der Waals surface area contributed by atoms with Gasteiger partial charge in [-0.2, -0.15) is 0 Å². The van der Waals surface area contributed by atoms with Crippen molar-refractivity contribution in [1.82, 2.24) is 0 Å². The van der Waals surface area contributed by atoms with E-state index in [-0.39, 0.29) is 5.41 Å². The Labute approximate surface area is 110 Å². The van der Waals surface area contributed by atoms with Gasteiger partial charge < -0.3 is 14.2 Å². The molecule has 0 N–H and O–H groups in total. The minimum Gasteiger partial charge on any atom is -0.382 e. The lowest BCUT2D eigenvalue weighted by Gasteiger charge is -2.26.